The molecule has 2 aromatic heterocycles. The van der Waals surface area contributed by atoms with E-state index < -0.39 is 0 Å². The molecule has 0 aliphatic rings. The molecule has 10 aromatic rings. The summed E-state index contributed by atoms with van der Waals surface area (Å²) in [6.45, 7) is 0.686. The van der Waals surface area contributed by atoms with E-state index in [1.807, 2.05) is 18.2 Å². The summed E-state index contributed by atoms with van der Waals surface area (Å²) in [5.74, 6) is 0. The number of rotatable bonds is 10. The molecule has 2 atom stereocenters. The maximum atomic E-state index is 7.08. The van der Waals surface area contributed by atoms with Crippen molar-refractivity contribution in [2.45, 2.75) is 18.6 Å². The number of hydrazine groups is 1. The van der Waals surface area contributed by atoms with Crippen LogP contribution in [0.4, 0.5) is 0 Å². The van der Waals surface area contributed by atoms with Crippen LogP contribution in [-0.2, 0) is 6.54 Å². The second kappa shape index (κ2) is 14.5. The highest BCUT2D eigenvalue weighted by Gasteiger charge is 2.22. The second-order valence-corrected chi connectivity index (χ2v) is 14.4. The van der Waals surface area contributed by atoms with Crippen LogP contribution < -0.4 is 16.6 Å². The number of hydrogen-bond donors (Lipinski definition) is 3. The van der Waals surface area contributed by atoms with Crippen LogP contribution in [0, 0.1) is 0 Å². The predicted molar refractivity (Wildman–Crippen MR) is 231 cm³/mol. The van der Waals surface area contributed by atoms with E-state index in [1.165, 1.54) is 16.3 Å². The van der Waals surface area contributed by atoms with E-state index in [2.05, 4.69) is 191 Å². The van der Waals surface area contributed by atoms with Gasteiger partial charge in [-0.25, -0.2) is 5.43 Å². The number of hydrogen-bond acceptors (Lipinski definition) is 4. The third kappa shape index (κ3) is 6.05. The van der Waals surface area contributed by atoms with Gasteiger partial charge in [0.25, 0.3) is 0 Å². The average molecular weight is 725 g/mol. The minimum Gasteiger partial charge on any atom is -0.455 e. The van der Waals surface area contributed by atoms with Crippen molar-refractivity contribution in [3.8, 4) is 27.9 Å². The Labute approximate surface area is 325 Å². The summed E-state index contributed by atoms with van der Waals surface area (Å²) in [5, 5.41) is 4.64. The fourth-order valence-electron chi connectivity index (χ4n) is 8.25. The van der Waals surface area contributed by atoms with Gasteiger partial charge in [-0.05, 0) is 52.1 Å². The maximum Gasteiger partial charge on any atom is 0.143 e. The Kier molecular flexibility index (Phi) is 8.73. The van der Waals surface area contributed by atoms with Crippen LogP contribution in [0.1, 0.15) is 28.8 Å². The van der Waals surface area contributed by atoms with E-state index in [0.717, 1.165) is 72.0 Å². The molecule has 8 aromatic carbocycles. The first-order valence-electron chi connectivity index (χ1n) is 19.2. The van der Waals surface area contributed by atoms with Crippen LogP contribution in [0.25, 0.3) is 71.7 Å². The Hall–Kier alpha value is -6.76. The first-order valence-corrected chi connectivity index (χ1v) is 19.2. The molecule has 5 heteroatoms. The largest absolute Gasteiger partial charge is 0.455 e. The molecule has 0 bridgehead atoms. The van der Waals surface area contributed by atoms with Crippen LogP contribution in [0.2, 0.25) is 0 Å². The number of fused-ring (bicyclic) bond motifs is 6. The number of nitrogens with zero attached hydrogens (tertiary/aromatic N) is 1. The molecule has 1 unspecified atom stereocenters. The summed E-state index contributed by atoms with van der Waals surface area (Å²) in [6.07, 6.45) is 0. The Bertz CT molecular complexity index is 2950. The number of furan rings is 1. The molecule has 0 spiro atoms. The molecule has 4 N–H and O–H groups in total. The smallest absolute Gasteiger partial charge is 0.143 e. The van der Waals surface area contributed by atoms with Crippen LogP contribution in [0.3, 0.4) is 0 Å². The standard InChI is InChI=1S/C51H40N4O/c52-48(49(37-18-8-3-9-19-37)54-53-33-34-14-4-1-5-15-34)36-26-29-39(30-27-36)55-46-25-11-10-20-42(46)43-31-28-38(32-47(43)55)41-22-13-24-45-44-23-12-21-40(50(44)56-51(41)45)35-16-6-2-7-17-35/h1-32,48-49,53-54H,33,52H2/t48-,49?/m0/s1. The monoisotopic (exact) mass is 724 g/mol. The molecule has 0 fully saturated rings. The predicted octanol–water partition coefficient (Wildman–Crippen LogP) is 12.1. The van der Waals surface area contributed by atoms with E-state index in [4.69, 9.17) is 10.2 Å². The van der Waals surface area contributed by atoms with Crippen LogP contribution in [0.15, 0.2) is 199 Å². The van der Waals surface area contributed by atoms with Crippen molar-refractivity contribution < 1.29 is 4.42 Å². The van der Waals surface area contributed by atoms with Gasteiger partial charge in [-0.15, -0.1) is 0 Å². The molecule has 5 nitrogen and oxygen atoms in total. The Morgan fingerprint density at radius 2 is 1.07 bits per heavy atom. The topological polar surface area (TPSA) is 68.2 Å². The summed E-state index contributed by atoms with van der Waals surface area (Å²) < 4.78 is 9.18. The molecule has 10 rings (SSSR count). The fourth-order valence-corrected chi connectivity index (χ4v) is 8.25. The highest BCUT2D eigenvalue weighted by atomic mass is 16.3. The van der Waals surface area contributed by atoms with E-state index in [1.54, 1.807) is 0 Å². The van der Waals surface area contributed by atoms with Crippen molar-refractivity contribution in [1.82, 2.24) is 15.4 Å². The minimum atomic E-state index is -0.300. The normalized spacial score (nSPS) is 12.8. The lowest BCUT2D eigenvalue weighted by Gasteiger charge is -2.27. The lowest BCUT2D eigenvalue weighted by molar-refractivity contribution is 0.385. The summed E-state index contributed by atoms with van der Waals surface area (Å²) in [7, 11) is 0. The zero-order valence-electron chi connectivity index (χ0n) is 30.8. The second-order valence-electron chi connectivity index (χ2n) is 14.4. The third-order valence-corrected chi connectivity index (χ3v) is 11.0. The molecule has 56 heavy (non-hydrogen) atoms. The van der Waals surface area contributed by atoms with E-state index in [9.17, 15) is 0 Å². The molecule has 0 saturated carbocycles. The molecule has 270 valence electrons. The molecular formula is C51H40N4O. The van der Waals surface area contributed by atoms with E-state index in [-0.39, 0.29) is 12.1 Å². The van der Waals surface area contributed by atoms with E-state index in [0.29, 0.717) is 6.54 Å². The molecule has 0 radical (unpaired) electrons. The highest BCUT2D eigenvalue weighted by molar-refractivity contribution is 6.14. The van der Waals surface area contributed by atoms with Gasteiger partial charge in [-0.2, -0.15) is 0 Å². The Balaban J connectivity index is 1.03. The van der Waals surface area contributed by atoms with Crippen LogP contribution >= 0.6 is 0 Å². The zero-order chi connectivity index (χ0) is 37.4. The highest BCUT2D eigenvalue weighted by Crippen LogP contribution is 2.41. The number of benzene rings is 8. The van der Waals surface area contributed by atoms with Gasteiger partial charge in [-0.3, -0.25) is 5.43 Å². The maximum absolute atomic E-state index is 7.08. The lowest BCUT2D eigenvalue weighted by Crippen LogP contribution is -2.40. The van der Waals surface area contributed by atoms with Gasteiger partial charge in [0.1, 0.15) is 11.2 Å². The molecule has 2 heterocycles. The van der Waals surface area contributed by atoms with Gasteiger partial charge in [0.05, 0.1) is 23.1 Å². The average Bonchev–Trinajstić information content (AvgIpc) is 3.82. The number of para-hydroxylation sites is 3. The molecule has 0 aliphatic carbocycles. The van der Waals surface area contributed by atoms with Crippen LogP contribution in [0.5, 0.6) is 0 Å². The fraction of sp³-hybridized carbons (Fsp3) is 0.0588. The van der Waals surface area contributed by atoms with Crippen molar-refractivity contribution in [2.24, 2.45) is 5.73 Å². The van der Waals surface area contributed by atoms with Gasteiger partial charge in [0.15, 0.2) is 0 Å². The van der Waals surface area contributed by atoms with Crippen molar-refractivity contribution in [3.05, 3.63) is 211 Å². The molecule has 0 saturated heterocycles. The number of nitrogens with two attached hydrogens (primary N) is 1. The zero-order valence-corrected chi connectivity index (χ0v) is 30.8. The van der Waals surface area contributed by atoms with Crippen molar-refractivity contribution in [3.63, 3.8) is 0 Å². The van der Waals surface area contributed by atoms with Gasteiger partial charge >= 0.3 is 0 Å². The first kappa shape index (κ1) is 33.8. The Morgan fingerprint density at radius 3 is 1.79 bits per heavy atom. The quantitative estimate of drug-likeness (QED) is 0.123. The van der Waals surface area contributed by atoms with Gasteiger partial charge in [0, 0.05) is 44.9 Å². The minimum absolute atomic E-state index is 0.147. The number of aromatic nitrogens is 1. The van der Waals surface area contributed by atoms with Crippen molar-refractivity contribution >= 4 is 43.7 Å². The number of nitrogens with one attached hydrogen (secondary N) is 2. The van der Waals surface area contributed by atoms with Gasteiger partial charge in [-0.1, -0.05) is 170 Å². The molecular weight excluding hydrogens is 685 g/mol. The summed E-state index contributed by atoms with van der Waals surface area (Å²) >= 11 is 0. The Morgan fingerprint density at radius 1 is 0.482 bits per heavy atom. The van der Waals surface area contributed by atoms with Crippen molar-refractivity contribution in [1.29, 1.82) is 0 Å². The molecule has 0 aliphatic heterocycles. The van der Waals surface area contributed by atoms with E-state index >= 15 is 0 Å². The molecule has 0 amide bonds. The van der Waals surface area contributed by atoms with Gasteiger partial charge < -0.3 is 14.7 Å². The third-order valence-electron chi connectivity index (χ3n) is 11.0. The SMILES string of the molecule is N[C@@H](c1ccc(-n2c3ccccc3c3ccc(-c4cccc5c4oc4c(-c6ccccc6)cccc45)cc32)cc1)C(NNCc1ccccc1)c1ccccc1. The van der Waals surface area contributed by atoms with Gasteiger partial charge in [0.2, 0.25) is 0 Å². The summed E-state index contributed by atoms with van der Waals surface area (Å²) in [4.78, 5) is 0. The van der Waals surface area contributed by atoms with Crippen LogP contribution in [-0.4, -0.2) is 4.57 Å². The summed E-state index contributed by atoms with van der Waals surface area (Å²) in [6, 6.07) is 67.8. The first-order chi connectivity index (χ1) is 27.7. The summed E-state index contributed by atoms with van der Waals surface area (Å²) in [5.41, 5.74) is 27.0. The van der Waals surface area contributed by atoms with Crippen molar-refractivity contribution in [2.75, 3.05) is 0 Å². The lowest BCUT2D eigenvalue weighted by atomic mass is 9.94.